The Kier molecular flexibility index (Phi) is 4.50. The number of benzene rings is 1. The Morgan fingerprint density at radius 1 is 1.19 bits per heavy atom. The second-order valence-corrected chi connectivity index (χ2v) is 6.52. The first-order chi connectivity index (χ1) is 7.48. The quantitative estimate of drug-likeness (QED) is 0.857. The van der Waals surface area contributed by atoms with E-state index in [0.29, 0.717) is 4.90 Å². The summed E-state index contributed by atoms with van der Waals surface area (Å²) in [4.78, 5) is 0.405. The van der Waals surface area contributed by atoms with Gasteiger partial charge in [0, 0.05) is 6.54 Å². The molecule has 0 bridgehead atoms. The Labute approximate surface area is 97.8 Å². The van der Waals surface area contributed by atoms with Crippen molar-refractivity contribution in [3.05, 3.63) is 29.8 Å². The van der Waals surface area contributed by atoms with E-state index in [1.54, 1.807) is 26.0 Å². The van der Waals surface area contributed by atoms with Gasteiger partial charge in [0.25, 0.3) is 0 Å². The summed E-state index contributed by atoms with van der Waals surface area (Å²) in [6.45, 7) is 7.12. The molecular formula is C12H19NO2S. The van der Waals surface area contributed by atoms with Gasteiger partial charge in [-0.25, -0.2) is 8.42 Å². The highest BCUT2D eigenvalue weighted by Gasteiger charge is 2.18. The standard InChI is InChI=1S/C12H19NO2S/c1-4-13-9-11-5-7-12(8-6-11)16(14,15)10(2)3/h5-8,10,13H,4,9H2,1-3H3. The third kappa shape index (κ3) is 3.06. The summed E-state index contributed by atoms with van der Waals surface area (Å²) in [6.07, 6.45) is 0. The molecule has 0 saturated carbocycles. The lowest BCUT2D eigenvalue weighted by molar-refractivity contribution is 0.587. The number of hydrogen-bond donors (Lipinski definition) is 1. The number of hydrogen-bond acceptors (Lipinski definition) is 3. The van der Waals surface area contributed by atoms with E-state index < -0.39 is 9.84 Å². The van der Waals surface area contributed by atoms with Gasteiger partial charge in [-0.3, -0.25) is 0 Å². The first-order valence-corrected chi connectivity index (χ1v) is 7.06. The van der Waals surface area contributed by atoms with Crippen molar-refractivity contribution < 1.29 is 8.42 Å². The first kappa shape index (κ1) is 13.2. The smallest absolute Gasteiger partial charge is 0.180 e. The highest BCUT2D eigenvalue weighted by atomic mass is 32.2. The molecule has 1 rings (SSSR count). The summed E-state index contributed by atoms with van der Waals surface area (Å²) in [7, 11) is -3.13. The third-order valence-corrected chi connectivity index (χ3v) is 4.62. The van der Waals surface area contributed by atoms with E-state index in [4.69, 9.17) is 0 Å². The van der Waals surface area contributed by atoms with Crippen molar-refractivity contribution in [1.29, 1.82) is 0 Å². The second kappa shape index (κ2) is 5.46. The third-order valence-electron chi connectivity index (χ3n) is 2.45. The van der Waals surface area contributed by atoms with Gasteiger partial charge in [0.05, 0.1) is 10.1 Å². The number of nitrogens with one attached hydrogen (secondary N) is 1. The summed E-state index contributed by atoms with van der Waals surface area (Å²) in [5.41, 5.74) is 1.10. The summed E-state index contributed by atoms with van der Waals surface area (Å²) < 4.78 is 23.7. The monoisotopic (exact) mass is 241 g/mol. The van der Waals surface area contributed by atoms with E-state index in [-0.39, 0.29) is 5.25 Å². The van der Waals surface area contributed by atoms with Gasteiger partial charge in [-0.05, 0) is 38.1 Å². The maximum atomic E-state index is 11.8. The molecule has 0 aliphatic rings. The average Bonchev–Trinajstić information content (AvgIpc) is 2.26. The van der Waals surface area contributed by atoms with Crippen LogP contribution in [0, 0.1) is 0 Å². The molecule has 16 heavy (non-hydrogen) atoms. The first-order valence-electron chi connectivity index (χ1n) is 5.52. The summed E-state index contributed by atoms with van der Waals surface area (Å²) >= 11 is 0. The highest BCUT2D eigenvalue weighted by Crippen LogP contribution is 2.16. The summed E-state index contributed by atoms with van der Waals surface area (Å²) in [5, 5.41) is 2.83. The Hall–Kier alpha value is -0.870. The van der Waals surface area contributed by atoms with Crippen LogP contribution in [0.25, 0.3) is 0 Å². The zero-order valence-corrected chi connectivity index (χ0v) is 10.8. The van der Waals surface area contributed by atoms with Crippen LogP contribution in [0.3, 0.4) is 0 Å². The van der Waals surface area contributed by atoms with Crippen molar-refractivity contribution in [2.75, 3.05) is 6.54 Å². The van der Waals surface area contributed by atoms with E-state index in [2.05, 4.69) is 5.32 Å². The molecule has 0 heterocycles. The van der Waals surface area contributed by atoms with Gasteiger partial charge in [0.1, 0.15) is 0 Å². The molecule has 0 atom stereocenters. The number of sulfone groups is 1. The molecular weight excluding hydrogens is 222 g/mol. The van der Waals surface area contributed by atoms with Gasteiger partial charge in [-0.2, -0.15) is 0 Å². The van der Waals surface area contributed by atoms with Crippen LogP contribution in [0.4, 0.5) is 0 Å². The fourth-order valence-corrected chi connectivity index (χ4v) is 2.40. The fourth-order valence-electron chi connectivity index (χ4n) is 1.34. The fraction of sp³-hybridized carbons (Fsp3) is 0.500. The van der Waals surface area contributed by atoms with Gasteiger partial charge in [-0.15, -0.1) is 0 Å². The molecule has 90 valence electrons. The van der Waals surface area contributed by atoms with Crippen molar-refractivity contribution in [1.82, 2.24) is 5.32 Å². The van der Waals surface area contributed by atoms with Gasteiger partial charge < -0.3 is 5.32 Å². The molecule has 0 aromatic heterocycles. The molecule has 0 amide bonds. The summed E-state index contributed by atoms with van der Waals surface area (Å²) in [5.74, 6) is 0. The highest BCUT2D eigenvalue weighted by molar-refractivity contribution is 7.92. The molecule has 0 aliphatic carbocycles. The normalized spacial score (nSPS) is 12.0. The van der Waals surface area contributed by atoms with Gasteiger partial charge in [-0.1, -0.05) is 19.1 Å². The van der Waals surface area contributed by atoms with E-state index >= 15 is 0 Å². The molecule has 1 aromatic carbocycles. The van der Waals surface area contributed by atoms with Crippen molar-refractivity contribution in [2.24, 2.45) is 0 Å². The molecule has 0 spiro atoms. The van der Waals surface area contributed by atoms with Crippen LogP contribution in [0.5, 0.6) is 0 Å². The summed E-state index contributed by atoms with van der Waals surface area (Å²) in [6, 6.07) is 7.08. The van der Waals surface area contributed by atoms with E-state index in [1.165, 1.54) is 0 Å². The van der Waals surface area contributed by atoms with Crippen LogP contribution in [0.15, 0.2) is 29.2 Å². The molecule has 3 nitrogen and oxygen atoms in total. The largest absolute Gasteiger partial charge is 0.313 e. The zero-order valence-electron chi connectivity index (χ0n) is 10.0. The van der Waals surface area contributed by atoms with Crippen LogP contribution in [-0.2, 0) is 16.4 Å². The minimum atomic E-state index is -3.13. The van der Waals surface area contributed by atoms with Crippen molar-refractivity contribution in [3.63, 3.8) is 0 Å². The van der Waals surface area contributed by atoms with Crippen LogP contribution >= 0.6 is 0 Å². The Balaban J connectivity index is 2.87. The lowest BCUT2D eigenvalue weighted by atomic mass is 10.2. The number of rotatable bonds is 5. The van der Waals surface area contributed by atoms with Gasteiger partial charge >= 0.3 is 0 Å². The van der Waals surface area contributed by atoms with Crippen LogP contribution in [-0.4, -0.2) is 20.2 Å². The Morgan fingerprint density at radius 3 is 2.19 bits per heavy atom. The molecule has 4 heteroatoms. The van der Waals surface area contributed by atoms with Crippen molar-refractivity contribution in [3.8, 4) is 0 Å². The Bertz CT molecular complexity index is 421. The molecule has 0 fully saturated rings. The predicted octanol–water partition coefficient (Wildman–Crippen LogP) is 1.98. The minimum absolute atomic E-state index is 0.368. The van der Waals surface area contributed by atoms with E-state index in [1.807, 2.05) is 19.1 Å². The SMILES string of the molecule is CCNCc1ccc(S(=O)(=O)C(C)C)cc1. The molecule has 0 unspecified atom stereocenters. The van der Waals surface area contributed by atoms with Crippen LogP contribution < -0.4 is 5.32 Å². The molecule has 0 saturated heterocycles. The molecule has 1 aromatic rings. The molecule has 1 N–H and O–H groups in total. The predicted molar refractivity (Wildman–Crippen MR) is 66.1 cm³/mol. The zero-order chi connectivity index (χ0) is 12.2. The van der Waals surface area contributed by atoms with Crippen molar-refractivity contribution >= 4 is 9.84 Å². The van der Waals surface area contributed by atoms with Gasteiger partial charge in [0.2, 0.25) is 0 Å². The van der Waals surface area contributed by atoms with Gasteiger partial charge in [0.15, 0.2) is 9.84 Å². The maximum absolute atomic E-state index is 11.8. The van der Waals surface area contributed by atoms with E-state index in [0.717, 1.165) is 18.7 Å². The van der Waals surface area contributed by atoms with Crippen LogP contribution in [0.2, 0.25) is 0 Å². The van der Waals surface area contributed by atoms with Crippen molar-refractivity contribution in [2.45, 2.75) is 37.5 Å². The molecule has 0 radical (unpaired) electrons. The lowest BCUT2D eigenvalue weighted by Gasteiger charge is -2.08. The minimum Gasteiger partial charge on any atom is -0.313 e. The van der Waals surface area contributed by atoms with E-state index in [9.17, 15) is 8.42 Å². The Morgan fingerprint density at radius 2 is 1.75 bits per heavy atom. The lowest BCUT2D eigenvalue weighted by Crippen LogP contribution is -2.14. The average molecular weight is 241 g/mol. The second-order valence-electron chi connectivity index (χ2n) is 4.02. The topological polar surface area (TPSA) is 46.2 Å². The maximum Gasteiger partial charge on any atom is 0.180 e. The molecule has 0 aliphatic heterocycles. The van der Waals surface area contributed by atoms with Crippen LogP contribution in [0.1, 0.15) is 26.3 Å².